The van der Waals surface area contributed by atoms with E-state index in [2.05, 4.69) is 50.0 Å². The Balaban J connectivity index is 1.51. The predicted octanol–water partition coefficient (Wildman–Crippen LogP) is 3.04. The average Bonchev–Trinajstić information content (AvgIpc) is 3.56. The Morgan fingerprint density at radius 2 is 1.58 bits per heavy atom. The number of carbonyl (C=O) groups excluding carboxylic acids is 2. The van der Waals surface area contributed by atoms with Gasteiger partial charge in [-0.25, -0.2) is 0 Å². The van der Waals surface area contributed by atoms with E-state index in [1.807, 2.05) is 44.2 Å². The van der Waals surface area contributed by atoms with Crippen LogP contribution in [0.4, 0.5) is 0 Å². The highest BCUT2D eigenvalue weighted by molar-refractivity contribution is 5.90. The first-order chi connectivity index (χ1) is 24.0. The van der Waals surface area contributed by atoms with Crippen molar-refractivity contribution in [3.05, 3.63) is 101 Å². The second-order valence-corrected chi connectivity index (χ2v) is 12.5. The Morgan fingerprint density at radius 1 is 0.900 bits per heavy atom. The summed E-state index contributed by atoms with van der Waals surface area (Å²) in [5.41, 5.74) is 28.4. The fraction of sp³-hybridized carbons (Fsp3) is 0.378. The molecular weight excluding hydrogens is 634 g/mol. The van der Waals surface area contributed by atoms with Gasteiger partial charge in [0.2, 0.25) is 17.7 Å². The van der Waals surface area contributed by atoms with Crippen LogP contribution in [-0.4, -0.2) is 58.2 Å². The van der Waals surface area contributed by atoms with Crippen molar-refractivity contribution in [2.75, 3.05) is 13.1 Å². The van der Waals surface area contributed by atoms with Gasteiger partial charge in [-0.3, -0.25) is 14.6 Å². The molecule has 0 fully saturated rings. The summed E-state index contributed by atoms with van der Waals surface area (Å²) >= 11 is 0. The highest BCUT2D eigenvalue weighted by Crippen LogP contribution is 2.24. The molecule has 0 aliphatic carbocycles. The number of aryl methyl sites for hydroxylation is 2. The summed E-state index contributed by atoms with van der Waals surface area (Å²) in [6, 6.07) is 19.1. The van der Waals surface area contributed by atoms with E-state index < -0.39 is 29.9 Å². The number of carbonyl (C=O) groups is 2. The highest BCUT2D eigenvalue weighted by atomic mass is 16.5. The minimum Gasteiger partial charge on any atom is -0.508 e. The van der Waals surface area contributed by atoms with Gasteiger partial charge in [0.15, 0.2) is 11.8 Å². The first-order valence-electron chi connectivity index (χ1n) is 16.9. The second-order valence-electron chi connectivity index (χ2n) is 12.5. The number of nitrogens with one attached hydrogen (secondary N) is 2. The largest absolute Gasteiger partial charge is 0.508 e. The van der Waals surface area contributed by atoms with Gasteiger partial charge >= 0.3 is 0 Å². The third-order valence-electron chi connectivity index (χ3n) is 8.50. The molecule has 0 saturated carbocycles. The number of phenolic OH excluding ortho intramolecular Hbond substituents is 1. The Hall–Kier alpha value is -5.27. The third kappa shape index (κ3) is 11.1. The molecule has 0 aliphatic rings. The fourth-order valence-electron chi connectivity index (χ4n) is 5.77. The molecule has 1 aromatic heterocycles. The van der Waals surface area contributed by atoms with E-state index >= 15 is 0 Å². The summed E-state index contributed by atoms with van der Waals surface area (Å²) < 4.78 is 5.69. The van der Waals surface area contributed by atoms with E-state index in [1.165, 1.54) is 0 Å². The van der Waals surface area contributed by atoms with Gasteiger partial charge in [0.25, 0.3) is 0 Å². The summed E-state index contributed by atoms with van der Waals surface area (Å²) in [6.07, 6.45) is 3.35. The summed E-state index contributed by atoms with van der Waals surface area (Å²) in [6.45, 7) is 4.51. The zero-order chi connectivity index (χ0) is 36.0. The van der Waals surface area contributed by atoms with Crippen LogP contribution in [0.2, 0.25) is 0 Å². The molecule has 0 bridgehead atoms. The predicted molar refractivity (Wildman–Crippen MR) is 194 cm³/mol. The van der Waals surface area contributed by atoms with E-state index in [0.29, 0.717) is 51.0 Å². The lowest BCUT2D eigenvalue weighted by molar-refractivity contribution is -0.130. The molecule has 1 heterocycles. The molecule has 0 radical (unpaired) electrons. The quantitative estimate of drug-likeness (QED) is 0.0460. The number of phenols is 1. The molecule has 0 spiro atoms. The zero-order valence-corrected chi connectivity index (χ0v) is 28.8. The molecule has 4 aromatic rings. The topological polar surface area (TPSA) is 234 Å². The molecule has 0 unspecified atom stereocenters. The van der Waals surface area contributed by atoms with E-state index in [0.717, 1.165) is 39.8 Å². The number of rotatable bonds is 18. The second kappa shape index (κ2) is 18.5. The summed E-state index contributed by atoms with van der Waals surface area (Å²) in [7, 11) is 0. The van der Waals surface area contributed by atoms with Crippen molar-refractivity contribution >= 4 is 17.8 Å². The minimum absolute atomic E-state index is 0.0359. The van der Waals surface area contributed by atoms with Crippen molar-refractivity contribution in [3.8, 4) is 16.9 Å². The smallest absolute Gasteiger partial charge is 0.249 e. The SMILES string of the molecule is Cc1cc(O)cc(C)c1C[C@H](NC(=O)[C@H](N)CCCN=C(N)N)C(=O)N[C@@H](CCCCN)c1nc(Cc2ccc(-c3ccccc3)cc2)no1. The number of hydrogen-bond donors (Lipinski definition) is 7. The lowest BCUT2D eigenvalue weighted by Crippen LogP contribution is -2.53. The molecule has 13 nitrogen and oxygen atoms in total. The van der Waals surface area contributed by atoms with E-state index in [4.69, 9.17) is 27.5 Å². The Morgan fingerprint density at radius 3 is 2.24 bits per heavy atom. The van der Waals surface area contributed by atoms with Crippen molar-refractivity contribution in [2.24, 2.45) is 27.9 Å². The van der Waals surface area contributed by atoms with Gasteiger partial charge in [-0.1, -0.05) is 59.8 Å². The van der Waals surface area contributed by atoms with Crippen LogP contribution < -0.4 is 33.6 Å². The van der Waals surface area contributed by atoms with Crippen LogP contribution in [0.3, 0.4) is 0 Å². The maximum Gasteiger partial charge on any atom is 0.249 e. The Labute approximate surface area is 292 Å². The molecule has 50 heavy (non-hydrogen) atoms. The summed E-state index contributed by atoms with van der Waals surface area (Å²) in [5.74, 6) is -0.0849. The van der Waals surface area contributed by atoms with Crippen molar-refractivity contribution in [1.29, 1.82) is 0 Å². The fourth-order valence-corrected chi connectivity index (χ4v) is 5.77. The molecule has 0 saturated heterocycles. The number of guanidine groups is 1. The standard InChI is InChI=1S/C37H49N9O4/c1-23-19-28(47)20-24(2)29(23)22-32(44-34(48)30(39)11-8-18-42-37(40)41)35(49)43-31(12-6-7-17-38)36-45-33(46-50-36)21-25-13-15-27(16-14-25)26-9-4-3-5-10-26/h3-5,9-10,13-16,19-20,30-32,47H,6-8,11-12,17-18,21-22,38-39H2,1-2H3,(H,43,49)(H,44,48)(H4,40,41,42)/t30-,31+,32+/m1/s1. The molecular formula is C37H49N9O4. The number of nitrogens with two attached hydrogens (primary N) is 4. The number of nitrogens with zero attached hydrogens (tertiary/aromatic N) is 3. The normalized spacial score (nSPS) is 12.9. The van der Waals surface area contributed by atoms with E-state index in [-0.39, 0.29) is 24.0 Å². The van der Waals surface area contributed by atoms with Crippen LogP contribution >= 0.6 is 0 Å². The molecule has 13 heteroatoms. The van der Waals surface area contributed by atoms with Crippen LogP contribution in [0.5, 0.6) is 5.75 Å². The van der Waals surface area contributed by atoms with Gasteiger partial charge in [-0.15, -0.1) is 0 Å². The number of aliphatic imine (C=N–C) groups is 1. The molecule has 4 rings (SSSR count). The summed E-state index contributed by atoms with van der Waals surface area (Å²) in [4.78, 5) is 35.9. The number of hydrogen-bond acceptors (Lipinski definition) is 9. The van der Waals surface area contributed by atoms with Gasteiger partial charge in [0, 0.05) is 19.4 Å². The lowest BCUT2D eigenvalue weighted by Gasteiger charge is -2.24. The number of aromatic nitrogens is 2. The van der Waals surface area contributed by atoms with Gasteiger partial charge in [0.05, 0.1) is 6.04 Å². The van der Waals surface area contributed by atoms with Crippen molar-refractivity contribution < 1.29 is 19.2 Å². The molecule has 2 amide bonds. The first kappa shape index (κ1) is 37.5. The first-order valence-corrected chi connectivity index (χ1v) is 16.9. The van der Waals surface area contributed by atoms with Crippen molar-refractivity contribution in [2.45, 2.75) is 76.9 Å². The van der Waals surface area contributed by atoms with Crippen molar-refractivity contribution in [1.82, 2.24) is 20.8 Å². The molecule has 266 valence electrons. The van der Waals surface area contributed by atoms with Crippen LogP contribution in [0.15, 0.2) is 76.2 Å². The lowest BCUT2D eigenvalue weighted by atomic mass is 9.95. The number of unbranched alkanes of at least 4 members (excludes halogenated alkanes) is 1. The van der Waals surface area contributed by atoms with Gasteiger partial charge < -0.3 is 43.2 Å². The molecule has 11 N–H and O–H groups in total. The molecule has 3 atom stereocenters. The van der Waals surface area contributed by atoms with Gasteiger partial charge in [-0.05, 0) is 98.0 Å². The molecule has 0 aliphatic heterocycles. The average molecular weight is 684 g/mol. The van der Waals surface area contributed by atoms with Gasteiger partial charge in [0.1, 0.15) is 17.8 Å². The maximum absolute atomic E-state index is 14.0. The minimum atomic E-state index is -0.990. The maximum atomic E-state index is 14.0. The van der Waals surface area contributed by atoms with Crippen LogP contribution in [0.1, 0.15) is 72.1 Å². The Kier molecular flexibility index (Phi) is 13.9. The summed E-state index contributed by atoms with van der Waals surface area (Å²) in [5, 5.41) is 20.2. The van der Waals surface area contributed by atoms with Gasteiger partial charge in [-0.2, -0.15) is 4.98 Å². The molecule has 3 aromatic carbocycles. The van der Waals surface area contributed by atoms with Crippen molar-refractivity contribution in [3.63, 3.8) is 0 Å². The van der Waals surface area contributed by atoms with Crippen LogP contribution in [0.25, 0.3) is 11.1 Å². The monoisotopic (exact) mass is 683 g/mol. The zero-order valence-electron chi connectivity index (χ0n) is 28.8. The van der Waals surface area contributed by atoms with E-state index in [9.17, 15) is 14.7 Å². The van der Waals surface area contributed by atoms with Crippen LogP contribution in [0, 0.1) is 13.8 Å². The number of amides is 2. The van der Waals surface area contributed by atoms with Crippen LogP contribution in [-0.2, 0) is 22.4 Å². The third-order valence-corrected chi connectivity index (χ3v) is 8.50. The van der Waals surface area contributed by atoms with E-state index in [1.54, 1.807) is 12.1 Å². The Bertz CT molecular complexity index is 1700. The highest BCUT2D eigenvalue weighted by Gasteiger charge is 2.29. The number of aromatic hydroxyl groups is 1. The number of benzene rings is 3.